The Morgan fingerprint density at radius 3 is 2.41 bits per heavy atom. The van der Waals surface area contributed by atoms with Crippen molar-refractivity contribution >= 4 is 39.2 Å². The molecule has 7 nitrogen and oxygen atoms in total. The molecule has 0 N–H and O–H groups in total. The van der Waals surface area contributed by atoms with E-state index in [2.05, 4.69) is 27.9 Å². The zero-order chi connectivity index (χ0) is 19.8. The summed E-state index contributed by atoms with van der Waals surface area (Å²) in [6, 6.07) is 2.11. The average molecular weight is 391 g/mol. The molecule has 0 saturated carbocycles. The van der Waals surface area contributed by atoms with Crippen molar-refractivity contribution in [2.75, 3.05) is 31.1 Å². The third-order valence-electron chi connectivity index (χ3n) is 4.32. The van der Waals surface area contributed by atoms with Crippen LogP contribution in [0.4, 0.5) is 10.6 Å². The summed E-state index contributed by atoms with van der Waals surface area (Å²) in [6.45, 7) is 11.6. The molecule has 2 aromatic heterocycles. The van der Waals surface area contributed by atoms with E-state index in [-0.39, 0.29) is 17.7 Å². The number of hydrogen-bond acceptors (Lipinski definition) is 7. The quantitative estimate of drug-likeness (QED) is 0.747. The van der Waals surface area contributed by atoms with Crippen LogP contribution in [0.2, 0.25) is 0 Å². The molecule has 0 spiro atoms. The number of fused-ring (bicyclic) bond motifs is 1. The first-order valence-corrected chi connectivity index (χ1v) is 10.0. The van der Waals surface area contributed by atoms with Gasteiger partial charge >= 0.3 is 6.09 Å². The number of aryl methyl sites for hydroxylation is 1. The van der Waals surface area contributed by atoms with Crippen molar-refractivity contribution < 1.29 is 14.3 Å². The Bertz CT molecular complexity index is 864. The molecule has 0 aliphatic carbocycles. The summed E-state index contributed by atoms with van der Waals surface area (Å²) in [5.74, 6) is 0.888. The van der Waals surface area contributed by atoms with E-state index in [1.165, 1.54) is 11.8 Å². The Morgan fingerprint density at radius 1 is 1.19 bits per heavy atom. The monoisotopic (exact) mass is 390 g/mol. The molecule has 3 rings (SSSR count). The number of rotatable bonds is 3. The molecule has 3 heterocycles. The van der Waals surface area contributed by atoms with Crippen molar-refractivity contribution in [2.24, 2.45) is 0 Å². The Labute approximate surface area is 163 Å². The van der Waals surface area contributed by atoms with Gasteiger partial charge in [0.2, 0.25) is 0 Å². The maximum absolute atomic E-state index is 12.3. The fraction of sp³-hybridized carbons (Fsp3) is 0.579. The van der Waals surface area contributed by atoms with Crippen LogP contribution in [0.3, 0.4) is 0 Å². The second kappa shape index (κ2) is 7.42. The van der Waals surface area contributed by atoms with Crippen LogP contribution in [-0.2, 0) is 11.2 Å². The number of ketones is 1. The molecule has 1 aliphatic rings. The largest absolute Gasteiger partial charge is 0.444 e. The molecule has 27 heavy (non-hydrogen) atoms. The molecule has 0 aromatic carbocycles. The van der Waals surface area contributed by atoms with Gasteiger partial charge < -0.3 is 14.5 Å². The summed E-state index contributed by atoms with van der Waals surface area (Å²) in [5.41, 5.74) is -0.503. The third kappa shape index (κ3) is 4.37. The van der Waals surface area contributed by atoms with Gasteiger partial charge in [0.05, 0.1) is 5.39 Å². The Balaban J connectivity index is 1.83. The van der Waals surface area contributed by atoms with Gasteiger partial charge in [0, 0.05) is 38.0 Å². The van der Waals surface area contributed by atoms with Crippen LogP contribution in [0.5, 0.6) is 0 Å². The van der Waals surface area contributed by atoms with Crippen LogP contribution >= 0.6 is 11.3 Å². The van der Waals surface area contributed by atoms with Crippen molar-refractivity contribution in [3.8, 4) is 0 Å². The van der Waals surface area contributed by atoms with Crippen LogP contribution in [0.1, 0.15) is 50.1 Å². The number of carbonyl (C=O) groups is 2. The molecule has 2 aromatic rings. The number of thiophene rings is 1. The standard InChI is InChI=1S/C19H26N4O3S/c1-6-13-11-14-16(20-15(12(2)24)21-17(14)27-13)22-7-9-23(10-8-22)18(25)26-19(3,4)5/h11H,6-10H2,1-5H3. The van der Waals surface area contributed by atoms with Gasteiger partial charge in [-0.1, -0.05) is 6.92 Å². The number of Topliss-reactive ketones (excluding diaryl/α,β-unsaturated/α-hetero) is 1. The lowest BCUT2D eigenvalue weighted by Gasteiger charge is -2.36. The van der Waals surface area contributed by atoms with E-state index < -0.39 is 5.60 Å². The van der Waals surface area contributed by atoms with E-state index in [9.17, 15) is 9.59 Å². The highest BCUT2D eigenvalue weighted by atomic mass is 32.1. The van der Waals surface area contributed by atoms with Crippen LogP contribution in [0.25, 0.3) is 10.2 Å². The molecule has 0 radical (unpaired) electrons. The highest BCUT2D eigenvalue weighted by Crippen LogP contribution is 2.32. The first-order chi connectivity index (χ1) is 12.7. The molecule has 8 heteroatoms. The van der Waals surface area contributed by atoms with Gasteiger partial charge in [-0.15, -0.1) is 11.3 Å². The molecular formula is C19H26N4O3S. The first-order valence-electron chi connectivity index (χ1n) is 9.22. The van der Waals surface area contributed by atoms with Crippen molar-refractivity contribution in [1.82, 2.24) is 14.9 Å². The minimum Gasteiger partial charge on any atom is -0.444 e. The first kappa shape index (κ1) is 19.5. The van der Waals surface area contributed by atoms with E-state index >= 15 is 0 Å². The molecule has 1 saturated heterocycles. The summed E-state index contributed by atoms with van der Waals surface area (Å²) in [7, 11) is 0. The molecule has 0 atom stereocenters. The maximum Gasteiger partial charge on any atom is 0.410 e. The van der Waals surface area contributed by atoms with Crippen molar-refractivity contribution in [2.45, 2.75) is 46.6 Å². The number of amides is 1. The van der Waals surface area contributed by atoms with Gasteiger partial charge in [0.1, 0.15) is 16.2 Å². The van der Waals surface area contributed by atoms with Crippen LogP contribution in [0.15, 0.2) is 6.07 Å². The summed E-state index contributed by atoms with van der Waals surface area (Å²) in [6.07, 6.45) is 0.630. The fourth-order valence-corrected chi connectivity index (χ4v) is 3.92. The second-order valence-electron chi connectivity index (χ2n) is 7.67. The smallest absolute Gasteiger partial charge is 0.410 e. The lowest BCUT2D eigenvalue weighted by atomic mass is 10.2. The van der Waals surface area contributed by atoms with E-state index in [4.69, 9.17) is 4.74 Å². The highest BCUT2D eigenvalue weighted by Gasteiger charge is 2.28. The third-order valence-corrected chi connectivity index (χ3v) is 5.49. The number of nitrogens with zero attached hydrogens (tertiary/aromatic N) is 4. The number of hydrogen-bond donors (Lipinski definition) is 0. The molecule has 146 valence electrons. The molecule has 1 amide bonds. The molecule has 1 fully saturated rings. The maximum atomic E-state index is 12.3. The lowest BCUT2D eigenvalue weighted by Crippen LogP contribution is -2.50. The fourth-order valence-electron chi connectivity index (χ4n) is 2.96. The van der Waals surface area contributed by atoms with Gasteiger partial charge in [0.15, 0.2) is 11.6 Å². The number of aromatic nitrogens is 2. The van der Waals surface area contributed by atoms with E-state index in [0.29, 0.717) is 26.2 Å². The average Bonchev–Trinajstić information content (AvgIpc) is 3.02. The number of carbonyl (C=O) groups excluding carboxylic acids is 2. The topological polar surface area (TPSA) is 75.6 Å². The lowest BCUT2D eigenvalue weighted by molar-refractivity contribution is 0.0240. The van der Waals surface area contributed by atoms with E-state index in [1.807, 2.05) is 20.8 Å². The predicted molar refractivity (Wildman–Crippen MR) is 107 cm³/mol. The van der Waals surface area contributed by atoms with Gasteiger partial charge in [-0.2, -0.15) is 0 Å². The van der Waals surface area contributed by atoms with Crippen LogP contribution in [0, 0.1) is 0 Å². The van der Waals surface area contributed by atoms with Gasteiger partial charge in [0.25, 0.3) is 0 Å². The Hall–Kier alpha value is -2.22. The predicted octanol–water partition coefficient (Wildman–Crippen LogP) is 3.51. The van der Waals surface area contributed by atoms with Crippen molar-refractivity contribution in [3.63, 3.8) is 0 Å². The number of ether oxygens (including phenoxy) is 1. The highest BCUT2D eigenvalue weighted by molar-refractivity contribution is 7.18. The van der Waals surface area contributed by atoms with Gasteiger partial charge in [-0.25, -0.2) is 14.8 Å². The van der Waals surface area contributed by atoms with E-state index in [0.717, 1.165) is 22.5 Å². The van der Waals surface area contributed by atoms with Crippen LogP contribution in [-0.4, -0.2) is 58.5 Å². The van der Waals surface area contributed by atoms with Gasteiger partial charge in [-0.05, 0) is 33.3 Å². The van der Waals surface area contributed by atoms with Crippen molar-refractivity contribution in [1.29, 1.82) is 0 Å². The molecule has 1 aliphatic heterocycles. The number of anilines is 1. The zero-order valence-electron chi connectivity index (χ0n) is 16.5. The normalized spacial score (nSPS) is 15.3. The van der Waals surface area contributed by atoms with Gasteiger partial charge in [-0.3, -0.25) is 4.79 Å². The minimum atomic E-state index is -0.503. The number of piperazine rings is 1. The Morgan fingerprint density at radius 2 is 1.85 bits per heavy atom. The van der Waals surface area contributed by atoms with Crippen molar-refractivity contribution in [3.05, 3.63) is 16.8 Å². The summed E-state index contributed by atoms with van der Waals surface area (Å²) >= 11 is 1.60. The van der Waals surface area contributed by atoms with Crippen LogP contribution < -0.4 is 4.90 Å². The molecule has 0 bridgehead atoms. The Kier molecular flexibility index (Phi) is 5.37. The SMILES string of the molecule is CCc1cc2c(N3CCN(C(=O)OC(C)(C)C)CC3)nc(C(C)=O)nc2s1. The molecular weight excluding hydrogens is 364 g/mol. The summed E-state index contributed by atoms with van der Waals surface area (Å²) in [4.78, 5) is 39.0. The van der Waals surface area contributed by atoms with E-state index in [1.54, 1.807) is 16.2 Å². The summed E-state index contributed by atoms with van der Waals surface area (Å²) in [5, 5.41) is 0.979. The minimum absolute atomic E-state index is 0.142. The zero-order valence-corrected chi connectivity index (χ0v) is 17.4. The summed E-state index contributed by atoms with van der Waals surface area (Å²) < 4.78 is 5.46. The molecule has 0 unspecified atom stereocenters. The second-order valence-corrected chi connectivity index (χ2v) is 8.78.